The predicted octanol–water partition coefficient (Wildman–Crippen LogP) is 5.76. The average molecular weight is 342 g/mol. The van der Waals surface area contributed by atoms with Crippen molar-refractivity contribution in [2.45, 2.75) is 72.4 Å². The Labute approximate surface area is 154 Å². The smallest absolute Gasteiger partial charge is 0.0923 e. The zero-order chi connectivity index (χ0) is 18.4. The predicted molar refractivity (Wildman–Crippen MR) is 107 cm³/mol. The maximum absolute atomic E-state index is 5.92. The van der Waals surface area contributed by atoms with Crippen molar-refractivity contribution in [3.63, 3.8) is 0 Å². The van der Waals surface area contributed by atoms with Gasteiger partial charge in [-0.05, 0) is 37.2 Å². The van der Waals surface area contributed by atoms with Crippen LogP contribution < -0.4 is 0 Å². The first-order chi connectivity index (χ1) is 11.8. The van der Waals surface area contributed by atoms with E-state index >= 15 is 0 Å². The lowest BCUT2D eigenvalue weighted by Crippen LogP contribution is -2.57. The van der Waals surface area contributed by atoms with Gasteiger partial charge in [-0.2, -0.15) is 0 Å². The molecule has 138 valence electrons. The quantitative estimate of drug-likeness (QED) is 0.596. The second kappa shape index (κ2) is 6.54. The second-order valence-corrected chi connectivity index (χ2v) is 8.77. The lowest BCUT2D eigenvalue weighted by Gasteiger charge is -2.56. The zero-order valence-electron chi connectivity index (χ0n) is 17.1. The van der Waals surface area contributed by atoms with E-state index in [2.05, 4.69) is 65.8 Å². The average Bonchev–Trinajstić information content (AvgIpc) is 3.01. The highest BCUT2D eigenvalue weighted by Gasteiger charge is 2.60. The van der Waals surface area contributed by atoms with Crippen LogP contribution in [0.1, 0.15) is 60.8 Å². The molecule has 0 aromatic heterocycles. The molecule has 3 rings (SSSR count). The number of nitrogens with zero attached hydrogens (tertiary/aromatic N) is 1. The summed E-state index contributed by atoms with van der Waals surface area (Å²) in [6.07, 6.45) is 12.9. The number of ether oxygens (including phenoxy) is 1. The number of rotatable bonds is 4. The van der Waals surface area contributed by atoms with E-state index in [0.29, 0.717) is 17.8 Å². The molecule has 0 aromatic rings. The van der Waals surface area contributed by atoms with Crippen molar-refractivity contribution in [1.29, 1.82) is 0 Å². The molecule has 2 aliphatic carbocycles. The summed E-state index contributed by atoms with van der Waals surface area (Å²) in [5.41, 5.74) is 4.36. The Hall–Kier alpha value is -1.15. The van der Waals surface area contributed by atoms with Gasteiger partial charge in [0.2, 0.25) is 0 Å². The largest absolute Gasteiger partial charge is 0.381 e. The van der Waals surface area contributed by atoms with Crippen LogP contribution in [0, 0.1) is 23.2 Å². The Morgan fingerprint density at radius 3 is 2.60 bits per heavy atom. The molecule has 0 amide bonds. The van der Waals surface area contributed by atoms with Crippen LogP contribution in [0.25, 0.3) is 0 Å². The molecule has 0 aromatic carbocycles. The van der Waals surface area contributed by atoms with Crippen molar-refractivity contribution in [3.05, 3.63) is 35.5 Å². The lowest BCUT2D eigenvalue weighted by molar-refractivity contribution is -0.0397. The topological polar surface area (TPSA) is 21.6 Å². The van der Waals surface area contributed by atoms with Crippen molar-refractivity contribution in [2.75, 3.05) is 7.11 Å². The van der Waals surface area contributed by atoms with E-state index in [-0.39, 0.29) is 17.1 Å². The van der Waals surface area contributed by atoms with Crippen molar-refractivity contribution in [3.8, 4) is 0 Å². The van der Waals surface area contributed by atoms with Gasteiger partial charge in [0.1, 0.15) is 0 Å². The molecule has 1 heterocycles. The maximum atomic E-state index is 5.92. The van der Waals surface area contributed by atoms with Gasteiger partial charge in [-0.15, -0.1) is 0 Å². The van der Waals surface area contributed by atoms with Gasteiger partial charge in [0.25, 0.3) is 0 Å². The fraction of sp³-hybridized carbons (Fsp3) is 0.696. The van der Waals surface area contributed by atoms with E-state index in [1.807, 2.05) is 7.11 Å². The molecule has 0 bridgehead atoms. The van der Waals surface area contributed by atoms with E-state index < -0.39 is 0 Å². The molecule has 0 fully saturated rings. The van der Waals surface area contributed by atoms with Gasteiger partial charge in [-0.3, -0.25) is 4.99 Å². The van der Waals surface area contributed by atoms with Crippen LogP contribution in [0.4, 0.5) is 0 Å². The van der Waals surface area contributed by atoms with Gasteiger partial charge in [0, 0.05) is 30.6 Å². The summed E-state index contributed by atoms with van der Waals surface area (Å²) in [6.45, 7) is 13.9. The van der Waals surface area contributed by atoms with Crippen molar-refractivity contribution in [1.82, 2.24) is 0 Å². The number of hydrogen-bond donors (Lipinski definition) is 0. The summed E-state index contributed by atoms with van der Waals surface area (Å²) in [5.74, 6) is 1.58. The van der Waals surface area contributed by atoms with Crippen molar-refractivity contribution >= 4 is 5.71 Å². The van der Waals surface area contributed by atoms with E-state index in [4.69, 9.17) is 9.73 Å². The molecule has 0 N–H and O–H groups in total. The standard InChI is InChI=1S/C23H35NO/c1-8-19-18(17(5)15(2)3)14-23(24-19)13-12-22(23,6)21-16(4)10-9-11-20(21)25-7/h9-10,12-13,15-16,20-21H,8,11,14H2,1-7H3/b18-17+. The lowest BCUT2D eigenvalue weighted by atomic mass is 9.50. The molecule has 3 aliphatic rings. The Kier molecular flexibility index (Phi) is 4.87. The highest BCUT2D eigenvalue weighted by atomic mass is 16.5. The van der Waals surface area contributed by atoms with Gasteiger partial charge in [0.15, 0.2) is 0 Å². The van der Waals surface area contributed by atoms with Gasteiger partial charge >= 0.3 is 0 Å². The molecule has 5 atom stereocenters. The Bertz CT molecular complexity index is 653. The van der Waals surface area contributed by atoms with Crippen molar-refractivity contribution < 1.29 is 4.74 Å². The van der Waals surface area contributed by atoms with Crippen molar-refractivity contribution in [2.24, 2.45) is 28.2 Å². The maximum Gasteiger partial charge on any atom is 0.0923 e. The molecular formula is C23H35NO. The number of hydrogen-bond acceptors (Lipinski definition) is 2. The van der Waals surface area contributed by atoms with Gasteiger partial charge in [0.05, 0.1) is 11.6 Å². The molecule has 0 radical (unpaired) electrons. The summed E-state index contributed by atoms with van der Waals surface area (Å²) in [5, 5.41) is 0. The highest BCUT2D eigenvalue weighted by Crippen LogP contribution is 2.60. The fourth-order valence-electron chi connectivity index (χ4n) is 5.28. The minimum absolute atomic E-state index is 0.0648. The number of methoxy groups -OCH3 is 1. The molecule has 0 saturated heterocycles. The molecule has 25 heavy (non-hydrogen) atoms. The normalized spacial score (nSPS) is 42.1. The third kappa shape index (κ3) is 2.68. The van der Waals surface area contributed by atoms with Gasteiger partial charge < -0.3 is 4.74 Å². The van der Waals surface area contributed by atoms with Crippen LogP contribution in [0.15, 0.2) is 40.4 Å². The third-order valence-corrected chi connectivity index (χ3v) is 7.21. The SMILES string of the molecule is CCC1=NC2(C=CC2(C)C2C(C)C=CCC2OC)C/C1=C(/C)C(C)C. The summed E-state index contributed by atoms with van der Waals surface area (Å²) < 4.78 is 5.92. The molecule has 1 aliphatic heterocycles. The fourth-order valence-corrected chi connectivity index (χ4v) is 5.28. The Balaban J connectivity index is 2.02. The molecular weight excluding hydrogens is 306 g/mol. The van der Waals surface area contributed by atoms with Crippen LogP contribution in [-0.2, 0) is 4.74 Å². The first-order valence-corrected chi connectivity index (χ1v) is 9.98. The summed E-state index contributed by atoms with van der Waals surface area (Å²) in [7, 11) is 1.87. The van der Waals surface area contributed by atoms with Gasteiger partial charge in [-0.1, -0.05) is 64.5 Å². The van der Waals surface area contributed by atoms with E-state index in [1.54, 1.807) is 0 Å². The van der Waals surface area contributed by atoms with E-state index in [0.717, 1.165) is 19.3 Å². The Morgan fingerprint density at radius 1 is 1.36 bits per heavy atom. The van der Waals surface area contributed by atoms with Crippen LogP contribution in [0.2, 0.25) is 0 Å². The van der Waals surface area contributed by atoms with E-state index in [1.165, 1.54) is 16.9 Å². The minimum atomic E-state index is -0.0648. The molecule has 5 unspecified atom stereocenters. The Morgan fingerprint density at radius 2 is 2.08 bits per heavy atom. The zero-order valence-corrected chi connectivity index (χ0v) is 17.1. The number of allylic oxidation sites excluding steroid dienone is 2. The molecule has 1 spiro atoms. The van der Waals surface area contributed by atoms with E-state index in [9.17, 15) is 0 Å². The number of aliphatic imine (C=N–C) groups is 1. The van der Waals surface area contributed by atoms with Crippen LogP contribution >= 0.6 is 0 Å². The van der Waals surface area contributed by atoms with Crippen LogP contribution in [0.3, 0.4) is 0 Å². The molecule has 2 heteroatoms. The summed E-state index contributed by atoms with van der Waals surface area (Å²) in [6, 6.07) is 0. The minimum Gasteiger partial charge on any atom is -0.381 e. The summed E-state index contributed by atoms with van der Waals surface area (Å²) >= 11 is 0. The second-order valence-electron chi connectivity index (χ2n) is 8.77. The first kappa shape index (κ1) is 18.6. The van der Waals surface area contributed by atoms with Crippen LogP contribution in [-0.4, -0.2) is 24.5 Å². The third-order valence-electron chi connectivity index (χ3n) is 7.21. The van der Waals surface area contributed by atoms with Gasteiger partial charge in [-0.25, -0.2) is 0 Å². The summed E-state index contributed by atoms with van der Waals surface area (Å²) in [4.78, 5) is 5.35. The first-order valence-electron chi connectivity index (χ1n) is 9.98. The van der Waals surface area contributed by atoms with Crippen LogP contribution in [0.5, 0.6) is 0 Å². The monoisotopic (exact) mass is 341 g/mol. The molecule has 2 nitrogen and oxygen atoms in total. The molecule has 0 saturated carbocycles. The highest BCUT2D eigenvalue weighted by molar-refractivity contribution is 6.03.